The Morgan fingerprint density at radius 2 is 1.69 bits per heavy atom. The Kier molecular flexibility index (Phi) is 6.06. The summed E-state index contributed by atoms with van der Waals surface area (Å²) in [5.74, 6) is 1.61. The Morgan fingerprint density at radius 1 is 0.971 bits per heavy atom. The molecule has 0 saturated carbocycles. The van der Waals surface area contributed by atoms with E-state index in [2.05, 4.69) is 10.5 Å². The van der Waals surface area contributed by atoms with Crippen LogP contribution < -0.4 is 10.1 Å². The molecule has 4 aromatic rings. The number of carbonyl (C=O) groups is 1. The zero-order valence-electron chi connectivity index (χ0n) is 19.9. The van der Waals surface area contributed by atoms with E-state index in [1.165, 1.54) is 5.56 Å². The van der Waals surface area contributed by atoms with Crippen LogP contribution in [-0.4, -0.2) is 28.2 Å². The van der Waals surface area contributed by atoms with Gasteiger partial charge in [-0.25, -0.2) is 4.79 Å². The van der Waals surface area contributed by atoms with Crippen LogP contribution in [0.4, 0.5) is 4.79 Å². The maximum atomic E-state index is 13.3. The lowest BCUT2D eigenvalue weighted by Gasteiger charge is -2.35. The normalized spacial score (nSPS) is 15.8. The zero-order chi connectivity index (χ0) is 24.4. The SMILES string of the molecule is COc1ccc(C2NC(=O)N(Cc3ccc(C)cc3)C(C)=C2c2nc(-c3ccccc3)no2)cc1. The first-order chi connectivity index (χ1) is 17.0. The van der Waals surface area contributed by atoms with Gasteiger partial charge in [-0.15, -0.1) is 0 Å². The van der Waals surface area contributed by atoms with E-state index in [-0.39, 0.29) is 6.03 Å². The summed E-state index contributed by atoms with van der Waals surface area (Å²) in [5, 5.41) is 7.36. The summed E-state index contributed by atoms with van der Waals surface area (Å²) in [6.07, 6.45) is 0. The molecule has 1 unspecified atom stereocenters. The van der Waals surface area contributed by atoms with Crippen LogP contribution in [0.2, 0.25) is 0 Å². The third-order valence-corrected chi connectivity index (χ3v) is 6.20. The van der Waals surface area contributed by atoms with Gasteiger partial charge in [-0.2, -0.15) is 4.98 Å². The predicted octanol–water partition coefficient (Wildman–Crippen LogP) is 5.75. The molecule has 1 aliphatic heterocycles. The van der Waals surface area contributed by atoms with Crippen molar-refractivity contribution in [3.05, 3.63) is 107 Å². The number of carbonyl (C=O) groups excluding carboxylic acids is 1. The molecule has 7 heteroatoms. The number of amides is 2. The molecule has 1 aromatic heterocycles. The fourth-order valence-corrected chi connectivity index (χ4v) is 4.21. The van der Waals surface area contributed by atoms with Crippen molar-refractivity contribution in [3.8, 4) is 17.1 Å². The molecule has 3 aromatic carbocycles. The maximum absolute atomic E-state index is 13.3. The number of ether oxygens (including phenoxy) is 1. The van der Waals surface area contributed by atoms with E-state index in [0.717, 1.165) is 33.7 Å². The Balaban J connectivity index is 1.58. The highest BCUT2D eigenvalue weighted by Crippen LogP contribution is 2.38. The van der Waals surface area contributed by atoms with Crippen molar-refractivity contribution in [1.82, 2.24) is 20.4 Å². The minimum absolute atomic E-state index is 0.185. The quantitative estimate of drug-likeness (QED) is 0.391. The third kappa shape index (κ3) is 4.53. The molecule has 0 aliphatic carbocycles. The van der Waals surface area contributed by atoms with Gasteiger partial charge in [0.25, 0.3) is 5.89 Å². The number of allylic oxidation sites excluding steroid dienone is 1. The van der Waals surface area contributed by atoms with Gasteiger partial charge in [0.15, 0.2) is 0 Å². The lowest BCUT2D eigenvalue weighted by molar-refractivity contribution is 0.203. The molecule has 0 bridgehead atoms. The van der Waals surface area contributed by atoms with Gasteiger partial charge in [0.05, 0.1) is 25.3 Å². The van der Waals surface area contributed by atoms with Gasteiger partial charge in [0, 0.05) is 11.3 Å². The Hall–Kier alpha value is -4.39. The largest absolute Gasteiger partial charge is 0.497 e. The van der Waals surface area contributed by atoms with Gasteiger partial charge in [0.2, 0.25) is 5.82 Å². The topological polar surface area (TPSA) is 80.5 Å². The van der Waals surface area contributed by atoms with Crippen molar-refractivity contribution in [2.45, 2.75) is 26.4 Å². The number of hydrogen-bond donors (Lipinski definition) is 1. The molecule has 2 heterocycles. The van der Waals surface area contributed by atoms with E-state index in [1.54, 1.807) is 12.0 Å². The van der Waals surface area contributed by atoms with E-state index in [1.807, 2.05) is 92.7 Å². The van der Waals surface area contributed by atoms with Crippen molar-refractivity contribution in [1.29, 1.82) is 0 Å². The van der Waals surface area contributed by atoms with Crippen molar-refractivity contribution < 1.29 is 14.1 Å². The number of hydrogen-bond acceptors (Lipinski definition) is 5. The highest BCUT2D eigenvalue weighted by Gasteiger charge is 2.35. The Morgan fingerprint density at radius 3 is 2.37 bits per heavy atom. The maximum Gasteiger partial charge on any atom is 0.322 e. The zero-order valence-corrected chi connectivity index (χ0v) is 19.9. The molecular formula is C28H26N4O3. The molecule has 1 atom stereocenters. The molecule has 0 fully saturated rings. The number of aryl methyl sites for hydroxylation is 1. The van der Waals surface area contributed by atoms with Gasteiger partial charge in [-0.1, -0.05) is 77.5 Å². The van der Waals surface area contributed by atoms with E-state index in [9.17, 15) is 4.79 Å². The Bertz CT molecular complexity index is 1360. The monoisotopic (exact) mass is 466 g/mol. The number of nitrogens with zero attached hydrogens (tertiary/aromatic N) is 3. The predicted molar refractivity (Wildman–Crippen MR) is 133 cm³/mol. The van der Waals surface area contributed by atoms with E-state index < -0.39 is 6.04 Å². The van der Waals surface area contributed by atoms with E-state index >= 15 is 0 Å². The molecule has 2 amide bonds. The molecule has 7 nitrogen and oxygen atoms in total. The van der Waals surface area contributed by atoms with Crippen LogP contribution in [0.3, 0.4) is 0 Å². The second kappa shape index (κ2) is 9.46. The highest BCUT2D eigenvalue weighted by atomic mass is 16.5. The minimum Gasteiger partial charge on any atom is -0.497 e. The van der Waals surface area contributed by atoms with Crippen LogP contribution in [0, 0.1) is 6.92 Å². The van der Waals surface area contributed by atoms with Crippen LogP contribution in [0.5, 0.6) is 5.75 Å². The average molecular weight is 467 g/mol. The summed E-state index contributed by atoms with van der Waals surface area (Å²) in [5.41, 5.74) is 5.47. The van der Waals surface area contributed by atoms with Crippen LogP contribution >= 0.6 is 0 Å². The standard InChI is InChI=1S/C28H26N4O3/c1-18-9-11-20(12-10-18)17-32-19(2)24(27-30-26(31-35-27)22-7-5-4-6-8-22)25(29-28(32)33)21-13-15-23(34-3)16-14-21/h4-16,25H,17H2,1-3H3,(H,29,33). The number of aromatic nitrogens is 2. The molecule has 5 rings (SSSR count). The second-order valence-corrected chi connectivity index (χ2v) is 8.52. The number of rotatable bonds is 6. The molecule has 1 N–H and O–H groups in total. The van der Waals surface area contributed by atoms with Crippen molar-refractivity contribution in [2.24, 2.45) is 0 Å². The van der Waals surface area contributed by atoms with Gasteiger partial charge in [0.1, 0.15) is 5.75 Å². The van der Waals surface area contributed by atoms with Gasteiger partial charge in [-0.3, -0.25) is 4.90 Å². The first-order valence-electron chi connectivity index (χ1n) is 11.4. The highest BCUT2D eigenvalue weighted by molar-refractivity contribution is 5.87. The fraction of sp³-hybridized carbons (Fsp3) is 0.179. The van der Waals surface area contributed by atoms with Crippen LogP contribution in [-0.2, 0) is 6.54 Å². The summed E-state index contributed by atoms with van der Waals surface area (Å²) in [4.78, 5) is 19.7. The van der Waals surface area contributed by atoms with E-state index in [0.29, 0.717) is 18.3 Å². The van der Waals surface area contributed by atoms with Crippen molar-refractivity contribution in [3.63, 3.8) is 0 Å². The van der Waals surface area contributed by atoms with Gasteiger partial charge in [-0.05, 0) is 37.1 Å². The lowest BCUT2D eigenvalue weighted by atomic mass is 9.94. The fourth-order valence-electron chi connectivity index (χ4n) is 4.21. The smallest absolute Gasteiger partial charge is 0.322 e. The second-order valence-electron chi connectivity index (χ2n) is 8.52. The summed E-state index contributed by atoms with van der Waals surface area (Å²) in [7, 11) is 1.62. The molecule has 1 aliphatic rings. The number of nitrogens with one attached hydrogen (secondary N) is 1. The van der Waals surface area contributed by atoms with Gasteiger partial charge >= 0.3 is 6.03 Å². The summed E-state index contributed by atoms with van der Waals surface area (Å²) in [6, 6.07) is 24.8. The summed E-state index contributed by atoms with van der Waals surface area (Å²) >= 11 is 0. The average Bonchev–Trinajstić information content (AvgIpc) is 3.38. The molecule has 0 spiro atoms. The van der Waals surface area contributed by atoms with Crippen LogP contribution in [0.25, 0.3) is 17.0 Å². The number of urea groups is 1. The van der Waals surface area contributed by atoms with Crippen LogP contribution in [0.15, 0.2) is 89.1 Å². The summed E-state index contributed by atoms with van der Waals surface area (Å²) in [6.45, 7) is 4.39. The molecule has 0 radical (unpaired) electrons. The first kappa shape index (κ1) is 22.4. The van der Waals surface area contributed by atoms with Gasteiger partial charge < -0.3 is 14.6 Å². The molecular weight excluding hydrogens is 440 g/mol. The first-order valence-corrected chi connectivity index (χ1v) is 11.4. The number of benzene rings is 3. The third-order valence-electron chi connectivity index (χ3n) is 6.20. The molecule has 0 saturated heterocycles. The van der Waals surface area contributed by atoms with Crippen molar-refractivity contribution >= 4 is 11.6 Å². The van der Waals surface area contributed by atoms with E-state index in [4.69, 9.17) is 14.2 Å². The van der Waals surface area contributed by atoms with Crippen molar-refractivity contribution in [2.75, 3.05) is 7.11 Å². The molecule has 35 heavy (non-hydrogen) atoms. The number of methoxy groups -OCH3 is 1. The Labute approximate surface area is 204 Å². The lowest BCUT2D eigenvalue weighted by Crippen LogP contribution is -2.45. The summed E-state index contributed by atoms with van der Waals surface area (Å²) < 4.78 is 11.1. The minimum atomic E-state index is -0.452. The molecule has 176 valence electrons. The van der Waals surface area contributed by atoms with Crippen LogP contribution in [0.1, 0.15) is 35.5 Å².